The Morgan fingerprint density at radius 2 is 1.11 bits per heavy atom. The monoisotopic (exact) mass is 694 g/mol. The topological polar surface area (TPSA) is 53.1 Å². The molecule has 0 fully saturated rings. The van der Waals surface area contributed by atoms with Crippen LogP contribution in [-0.2, 0) is 0 Å². The molecule has 0 aliphatic carbocycles. The molecule has 5 heteroatoms. The lowest BCUT2D eigenvalue weighted by Crippen LogP contribution is -2.33. The summed E-state index contributed by atoms with van der Waals surface area (Å²) in [4.78, 5) is 12.6. The first-order chi connectivity index (χ1) is 26.8. The standard InChI is InChI=1S/C49H34N4O/c1-4-14-33(15-5-1)35-24-27-39(28-25-35)53(40-29-26-34-16-10-11-21-38(34)32-40)43-31-30-42(45-41-22-12-13-23-44(41)54-46(43)45)49-51-47(36-17-6-2-7-18-36)50-48(52-49)37-19-8-3-9-20-37/h1-32,49H,(H,50,51,52). The SMILES string of the molecule is c1ccc(C2=NC(c3ccc(N(c4ccc(-c5ccccc5)cc4)c4ccc5ccccc5c4)c4oc5ccccc5c34)NC(c3ccccc3)=N2)cc1. The van der Waals surface area contributed by atoms with Crippen LogP contribution in [0.2, 0.25) is 0 Å². The number of nitrogens with zero attached hydrogens (tertiary/aromatic N) is 3. The van der Waals surface area contributed by atoms with E-state index in [2.05, 4.69) is 150 Å². The molecule has 2 heterocycles. The van der Waals surface area contributed by atoms with E-state index in [1.807, 2.05) is 54.6 Å². The van der Waals surface area contributed by atoms with Gasteiger partial charge in [-0.3, -0.25) is 0 Å². The van der Waals surface area contributed by atoms with Gasteiger partial charge < -0.3 is 14.6 Å². The Morgan fingerprint density at radius 3 is 1.87 bits per heavy atom. The quantitative estimate of drug-likeness (QED) is 0.181. The van der Waals surface area contributed by atoms with Gasteiger partial charge >= 0.3 is 0 Å². The Morgan fingerprint density at radius 1 is 0.500 bits per heavy atom. The molecule has 0 radical (unpaired) electrons. The zero-order chi connectivity index (χ0) is 35.8. The number of hydrogen-bond acceptors (Lipinski definition) is 5. The summed E-state index contributed by atoms with van der Waals surface area (Å²) in [5, 5.41) is 8.10. The zero-order valence-electron chi connectivity index (χ0n) is 29.3. The average Bonchev–Trinajstić information content (AvgIpc) is 3.65. The van der Waals surface area contributed by atoms with Gasteiger partial charge in [-0.25, -0.2) is 9.98 Å². The lowest BCUT2D eigenvalue weighted by molar-refractivity contribution is 0.662. The maximum absolute atomic E-state index is 6.89. The summed E-state index contributed by atoms with van der Waals surface area (Å²) in [5.74, 6) is 1.45. The predicted molar refractivity (Wildman–Crippen MR) is 223 cm³/mol. The predicted octanol–water partition coefficient (Wildman–Crippen LogP) is 12.4. The van der Waals surface area contributed by atoms with Crippen molar-refractivity contribution < 1.29 is 4.42 Å². The van der Waals surface area contributed by atoms with E-state index >= 15 is 0 Å². The molecule has 1 atom stereocenters. The number of amidine groups is 2. The summed E-state index contributed by atoms with van der Waals surface area (Å²) < 4.78 is 6.89. The van der Waals surface area contributed by atoms with Crippen LogP contribution in [0.3, 0.4) is 0 Å². The van der Waals surface area contributed by atoms with Crippen molar-refractivity contribution in [2.24, 2.45) is 9.98 Å². The van der Waals surface area contributed by atoms with Crippen LogP contribution in [0.5, 0.6) is 0 Å². The number of aliphatic imine (C=N–C) groups is 2. The highest BCUT2D eigenvalue weighted by Crippen LogP contribution is 2.45. The highest BCUT2D eigenvalue weighted by molar-refractivity contribution is 6.15. The Kier molecular flexibility index (Phi) is 7.81. The minimum Gasteiger partial charge on any atom is -0.454 e. The van der Waals surface area contributed by atoms with Crippen molar-refractivity contribution in [3.8, 4) is 11.1 Å². The summed E-state index contributed by atoms with van der Waals surface area (Å²) in [6.07, 6.45) is -0.426. The van der Waals surface area contributed by atoms with Crippen molar-refractivity contribution in [1.82, 2.24) is 5.32 Å². The Bertz CT molecular complexity index is 2840. The molecule has 1 aliphatic rings. The van der Waals surface area contributed by atoms with E-state index in [1.54, 1.807) is 0 Å². The first-order valence-corrected chi connectivity index (χ1v) is 18.2. The third-order valence-electron chi connectivity index (χ3n) is 10.1. The van der Waals surface area contributed by atoms with Crippen LogP contribution in [0.4, 0.5) is 17.1 Å². The molecule has 10 rings (SSSR count). The number of nitrogens with one attached hydrogen (secondary N) is 1. The molecule has 256 valence electrons. The Labute approximate surface area is 313 Å². The third kappa shape index (κ3) is 5.69. The molecular weight excluding hydrogens is 661 g/mol. The van der Waals surface area contributed by atoms with E-state index in [0.717, 1.165) is 67.1 Å². The molecule has 1 aliphatic heterocycles. The van der Waals surface area contributed by atoms with Crippen molar-refractivity contribution in [2.75, 3.05) is 4.90 Å². The Balaban J connectivity index is 1.18. The van der Waals surface area contributed by atoms with E-state index in [-0.39, 0.29) is 0 Å². The number of anilines is 3. The van der Waals surface area contributed by atoms with Gasteiger partial charge in [0.2, 0.25) is 0 Å². The number of furan rings is 1. The molecule has 9 aromatic rings. The van der Waals surface area contributed by atoms with Gasteiger partial charge in [0.1, 0.15) is 17.6 Å². The minimum absolute atomic E-state index is 0.426. The number of para-hydroxylation sites is 1. The van der Waals surface area contributed by atoms with Gasteiger partial charge in [0.05, 0.1) is 5.69 Å². The van der Waals surface area contributed by atoms with Gasteiger partial charge in [0, 0.05) is 38.8 Å². The van der Waals surface area contributed by atoms with Crippen molar-refractivity contribution in [2.45, 2.75) is 6.17 Å². The largest absolute Gasteiger partial charge is 0.454 e. The number of fused-ring (bicyclic) bond motifs is 4. The van der Waals surface area contributed by atoms with Gasteiger partial charge in [-0.2, -0.15) is 0 Å². The van der Waals surface area contributed by atoms with Crippen LogP contribution >= 0.6 is 0 Å². The molecule has 0 spiro atoms. The summed E-state index contributed by atoms with van der Waals surface area (Å²) in [5.41, 5.74) is 9.91. The second-order valence-corrected chi connectivity index (χ2v) is 13.4. The fourth-order valence-corrected chi connectivity index (χ4v) is 7.49. The number of benzene rings is 8. The minimum atomic E-state index is -0.426. The van der Waals surface area contributed by atoms with E-state index in [1.165, 1.54) is 16.3 Å². The molecule has 54 heavy (non-hydrogen) atoms. The van der Waals surface area contributed by atoms with Crippen LogP contribution in [0, 0.1) is 0 Å². The van der Waals surface area contributed by atoms with Crippen LogP contribution < -0.4 is 10.2 Å². The van der Waals surface area contributed by atoms with E-state index in [9.17, 15) is 0 Å². The molecule has 1 unspecified atom stereocenters. The molecule has 1 aromatic heterocycles. The van der Waals surface area contributed by atoms with Crippen LogP contribution in [0.15, 0.2) is 209 Å². The summed E-state index contributed by atoms with van der Waals surface area (Å²) in [7, 11) is 0. The van der Waals surface area contributed by atoms with E-state index in [0.29, 0.717) is 5.84 Å². The molecule has 0 amide bonds. The number of rotatable bonds is 7. The summed E-state index contributed by atoms with van der Waals surface area (Å²) >= 11 is 0. The van der Waals surface area contributed by atoms with Crippen molar-refractivity contribution in [1.29, 1.82) is 0 Å². The first-order valence-electron chi connectivity index (χ1n) is 18.2. The average molecular weight is 695 g/mol. The molecule has 0 saturated carbocycles. The first kappa shape index (κ1) is 31.5. The molecule has 0 bridgehead atoms. The maximum atomic E-state index is 6.89. The Hall–Kier alpha value is -7.24. The molecule has 8 aromatic carbocycles. The zero-order valence-corrected chi connectivity index (χ0v) is 29.3. The highest BCUT2D eigenvalue weighted by Gasteiger charge is 2.27. The van der Waals surface area contributed by atoms with Gasteiger partial charge in [-0.15, -0.1) is 0 Å². The van der Waals surface area contributed by atoms with Gasteiger partial charge in [-0.1, -0.05) is 158 Å². The number of hydrogen-bond donors (Lipinski definition) is 1. The van der Waals surface area contributed by atoms with Crippen molar-refractivity contribution in [3.63, 3.8) is 0 Å². The molecule has 5 nitrogen and oxygen atoms in total. The lowest BCUT2D eigenvalue weighted by atomic mass is 10.0. The highest BCUT2D eigenvalue weighted by atomic mass is 16.3. The van der Waals surface area contributed by atoms with E-state index in [4.69, 9.17) is 14.4 Å². The van der Waals surface area contributed by atoms with Gasteiger partial charge in [0.15, 0.2) is 11.4 Å². The smallest absolute Gasteiger partial charge is 0.159 e. The fraction of sp³-hybridized carbons (Fsp3) is 0.0204. The lowest BCUT2D eigenvalue weighted by Gasteiger charge is -2.28. The second-order valence-electron chi connectivity index (χ2n) is 13.4. The van der Waals surface area contributed by atoms with Crippen LogP contribution in [0.25, 0.3) is 43.8 Å². The van der Waals surface area contributed by atoms with Crippen LogP contribution in [0.1, 0.15) is 22.9 Å². The van der Waals surface area contributed by atoms with Gasteiger partial charge in [-0.05, 0) is 58.3 Å². The maximum Gasteiger partial charge on any atom is 0.159 e. The van der Waals surface area contributed by atoms with Crippen molar-refractivity contribution in [3.05, 3.63) is 211 Å². The van der Waals surface area contributed by atoms with Crippen LogP contribution in [-0.4, -0.2) is 11.7 Å². The summed E-state index contributed by atoms with van der Waals surface area (Å²) in [6.45, 7) is 0. The molecular formula is C49H34N4O. The third-order valence-corrected chi connectivity index (χ3v) is 10.1. The second kappa shape index (κ2) is 13.4. The summed E-state index contributed by atoms with van der Waals surface area (Å²) in [6, 6.07) is 67.5. The van der Waals surface area contributed by atoms with Gasteiger partial charge in [0.25, 0.3) is 0 Å². The molecule has 0 saturated heterocycles. The fourth-order valence-electron chi connectivity index (χ4n) is 7.49. The van der Waals surface area contributed by atoms with E-state index < -0.39 is 6.17 Å². The normalized spacial score (nSPS) is 14.1. The molecule has 1 N–H and O–H groups in total. The van der Waals surface area contributed by atoms with Crippen molar-refractivity contribution >= 4 is 61.4 Å².